The van der Waals surface area contributed by atoms with Crippen LogP contribution >= 0.6 is 11.6 Å². The maximum absolute atomic E-state index is 11.6. The molecule has 1 aromatic carbocycles. The van der Waals surface area contributed by atoms with Crippen LogP contribution in [-0.4, -0.2) is 36.2 Å². The van der Waals surface area contributed by atoms with Gasteiger partial charge in [0.05, 0.1) is 24.2 Å². The normalized spacial score (nSPS) is 12.0. The zero-order valence-electron chi connectivity index (χ0n) is 10.6. The molecular formula is C13H18ClNO3. The van der Waals surface area contributed by atoms with E-state index in [9.17, 15) is 9.90 Å². The number of ether oxygens (including phenoxy) is 1. The number of aliphatic hydroxyl groups is 1. The summed E-state index contributed by atoms with van der Waals surface area (Å²) in [4.78, 5) is 11.6. The fourth-order valence-corrected chi connectivity index (χ4v) is 1.55. The quantitative estimate of drug-likeness (QED) is 0.615. The van der Waals surface area contributed by atoms with Gasteiger partial charge in [-0.3, -0.25) is 0 Å². The van der Waals surface area contributed by atoms with Crippen LogP contribution in [-0.2, 0) is 4.74 Å². The first-order valence-corrected chi connectivity index (χ1v) is 6.37. The maximum atomic E-state index is 11.6. The highest BCUT2D eigenvalue weighted by Crippen LogP contribution is 2.17. The van der Waals surface area contributed by atoms with Crippen LogP contribution in [0.1, 0.15) is 22.8 Å². The largest absolute Gasteiger partial charge is 0.462 e. The Kier molecular flexibility index (Phi) is 5.95. The zero-order valence-corrected chi connectivity index (χ0v) is 11.3. The minimum absolute atomic E-state index is 0.170. The second-order valence-electron chi connectivity index (χ2n) is 3.94. The fourth-order valence-electron chi connectivity index (χ4n) is 1.44. The minimum atomic E-state index is -0.614. The molecule has 1 aromatic rings. The van der Waals surface area contributed by atoms with E-state index >= 15 is 0 Å². The van der Waals surface area contributed by atoms with Crippen molar-refractivity contribution in [2.75, 3.05) is 24.3 Å². The molecule has 100 valence electrons. The highest BCUT2D eigenvalue weighted by atomic mass is 35.5. The summed E-state index contributed by atoms with van der Waals surface area (Å²) < 4.78 is 4.93. The highest BCUT2D eigenvalue weighted by molar-refractivity contribution is 6.18. The lowest BCUT2D eigenvalue weighted by Gasteiger charge is -2.13. The average molecular weight is 272 g/mol. The van der Waals surface area contributed by atoms with Gasteiger partial charge in [-0.1, -0.05) is 6.07 Å². The number of halogens is 1. The fraction of sp³-hybridized carbons (Fsp3) is 0.462. The van der Waals surface area contributed by atoms with Crippen molar-refractivity contribution in [3.05, 3.63) is 29.3 Å². The van der Waals surface area contributed by atoms with Crippen LogP contribution in [0.3, 0.4) is 0 Å². The highest BCUT2D eigenvalue weighted by Gasteiger charge is 2.09. The standard InChI is InChI=1S/C13H18ClNO3/c1-3-18-13(17)10-5-4-9(2)12(6-10)15-8-11(16)7-14/h4-6,11,15-16H,3,7-8H2,1-2H3. The molecule has 4 nitrogen and oxygen atoms in total. The number of rotatable bonds is 6. The van der Waals surface area contributed by atoms with Crippen molar-refractivity contribution in [1.82, 2.24) is 0 Å². The van der Waals surface area contributed by atoms with Gasteiger partial charge >= 0.3 is 5.97 Å². The number of benzene rings is 1. The Morgan fingerprint density at radius 3 is 2.89 bits per heavy atom. The van der Waals surface area contributed by atoms with Crippen molar-refractivity contribution >= 4 is 23.3 Å². The number of anilines is 1. The van der Waals surface area contributed by atoms with E-state index in [4.69, 9.17) is 16.3 Å². The molecule has 5 heteroatoms. The number of hydrogen-bond donors (Lipinski definition) is 2. The van der Waals surface area contributed by atoms with Gasteiger partial charge in [0.25, 0.3) is 0 Å². The number of alkyl halides is 1. The summed E-state index contributed by atoms with van der Waals surface area (Å²) in [7, 11) is 0. The van der Waals surface area contributed by atoms with E-state index < -0.39 is 6.10 Å². The van der Waals surface area contributed by atoms with Crippen LogP contribution in [0.5, 0.6) is 0 Å². The van der Waals surface area contributed by atoms with Gasteiger partial charge < -0.3 is 15.2 Å². The molecule has 0 saturated heterocycles. The van der Waals surface area contributed by atoms with Crippen LogP contribution < -0.4 is 5.32 Å². The Hall–Kier alpha value is -1.26. The van der Waals surface area contributed by atoms with Crippen LogP contribution in [0.25, 0.3) is 0 Å². The van der Waals surface area contributed by atoms with Crippen molar-refractivity contribution in [2.24, 2.45) is 0 Å². The van der Waals surface area contributed by atoms with E-state index in [-0.39, 0.29) is 11.8 Å². The molecule has 0 aliphatic carbocycles. The molecule has 0 bridgehead atoms. The lowest BCUT2D eigenvalue weighted by molar-refractivity contribution is 0.0526. The SMILES string of the molecule is CCOC(=O)c1ccc(C)c(NCC(O)CCl)c1. The summed E-state index contributed by atoms with van der Waals surface area (Å²) in [5, 5.41) is 12.4. The summed E-state index contributed by atoms with van der Waals surface area (Å²) >= 11 is 5.52. The summed E-state index contributed by atoms with van der Waals surface area (Å²) in [6, 6.07) is 5.27. The van der Waals surface area contributed by atoms with Gasteiger partial charge in [0, 0.05) is 12.2 Å². The van der Waals surface area contributed by atoms with Gasteiger partial charge in [-0.05, 0) is 31.5 Å². The Morgan fingerprint density at radius 2 is 2.28 bits per heavy atom. The number of carbonyl (C=O) groups excluding carboxylic acids is 1. The molecular weight excluding hydrogens is 254 g/mol. The molecule has 0 radical (unpaired) electrons. The predicted molar refractivity (Wildman–Crippen MR) is 72.4 cm³/mol. The van der Waals surface area contributed by atoms with Crippen molar-refractivity contribution in [1.29, 1.82) is 0 Å². The van der Waals surface area contributed by atoms with E-state index in [0.717, 1.165) is 11.3 Å². The number of esters is 1. The summed E-state index contributed by atoms with van der Waals surface area (Å²) in [5.74, 6) is -0.178. The number of nitrogens with one attached hydrogen (secondary N) is 1. The summed E-state index contributed by atoms with van der Waals surface area (Å²) in [6.45, 7) is 4.38. The first-order chi connectivity index (χ1) is 8.58. The zero-order chi connectivity index (χ0) is 13.5. The number of aliphatic hydroxyl groups excluding tert-OH is 1. The molecule has 0 heterocycles. The average Bonchev–Trinajstić information content (AvgIpc) is 2.37. The third-order valence-corrected chi connectivity index (χ3v) is 2.81. The lowest BCUT2D eigenvalue weighted by Crippen LogP contribution is -2.21. The van der Waals surface area contributed by atoms with Crippen molar-refractivity contribution in [3.8, 4) is 0 Å². The summed E-state index contributed by atoms with van der Waals surface area (Å²) in [5.41, 5.74) is 2.28. The molecule has 1 atom stereocenters. The first kappa shape index (κ1) is 14.8. The van der Waals surface area contributed by atoms with E-state index in [0.29, 0.717) is 18.7 Å². The smallest absolute Gasteiger partial charge is 0.338 e. The van der Waals surface area contributed by atoms with Crippen molar-refractivity contribution in [2.45, 2.75) is 20.0 Å². The number of carbonyl (C=O) groups is 1. The van der Waals surface area contributed by atoms with Gasteiger partial charge in [-0.25, -0.2) is 4.79 Å². The molecule has 1 rings (SSSR count). The first-order valence-electron chi connectivity index (χ1n) is 5.84. The second-order valence-corrected chi connectivity index (χ2v) is 4.25. The molecule has 0 aromatic heterocycles. The van der Waals surface area contributed by atoms with Crippen LogP contribution in [0, 0.1) is 6.92 Å². The van der Waals surface area contributed by atoms with Crippen molar-refractivity contribution < 1.29 is 14.6 Å². The van der Waals surface area contributed by atoms with Crippen LogP contribution in [0.2, 0.25) is 0 Å². The molecule has 0 aliphatic heterocycles. The van der Waals surface area contributed by atoms with E-state index in [1.165, 1.54) is 0 Å². The third kappa shape index (κ3) is 4.20. The second kappa shape index (κ2) is 7.24. The molecule has 0 spiro atoms. The predicted octanol–water partition coefficient (Wildman–Crippen LogP) is 2.18. The van der Waals surface area contributed by atoms with Gasteiger partial charge in [-0.15, -0.1) is 11.6 Å². The molecule has 18 heavy (non-hydrogen) atoms. The van der Waals surface area contributed by atoms with Crippen molar-refractivity contribution in [3.63, 3.8) is 0 Å². The monoisotopic (exact) mass is 271 g/mol. The lowest BCUT2D eigenvalue weighted by atomic mass is 10.1. The topological polar surface area (TPSA) is 58.6 Å². The molecule has 0 fully saturated rings. The van der Waals surface area contributed by atoms with E-state index in [1.54, 1.807) is 19.1 Å². The molecule has 2 N–H and O–H groups in total. The van der Waals surface area contributed by atoms with Crippen LogP contribution in [0.15, 0.2) is 18.2 Å². The van der Waals surface area contributed by atoms with Gasteiger partial charge in [0.2, 0.25) is 0 Å². The Labute approximate surface area is 112 Å². The van der Waals surface area contributed by atoms with E-state index in [1.807, 2.05) is 13.0 Å². The molecule has 0 amide bonds. The van der Waals surface area contributed by atoms with Gasteiger partial charge in [0.15, 0.2) is 0 Å². The Balaban J connectivity index is 2.78. The molecule has 0 aliphatic rings. The third-order valence-electron chi connectivity index (χ3n) is 2.45. The van der Waals surface area contributed by atoms with Gasteiger partial charge in [-0.2, -0.15) is 0 Å². The van der Waals surface area contributed by atoms with Crippen LogP contribution in [0.4, 0.5) is 5.69 Å². The number of aryl methyl sites for hydroxylation is 1. The molecule has 1 unspecified atom stereocenters. The molecule has 0 saturated carbocycles. The van der Waals surface area contributed by atoms with E-state index in [2.05, 4.69) is 5.32 Å². The maximum Gasteiger partial charge on any atom is 0.338 e. The summed E-state index contributed by atoms with van der Waals surface area (Å²) in [6.07, 6.45) is -0.614. The Morgan fingerprint density at radius 1 is 1.56 bits per heavy atom. The Bertz CT molecular complexity index is 409. The number of hydrogen-bond acceptors (Lipinski definition) is 4. The minimum Gasteiger partial charge on any atom is -0.462 e. The van der Waals surface area contributed by atoms with Gasteiger partial charge in [0.1, 0.15) is 0 Å².